The van der Waals surface area contributed by atoms with E-state index < -0.39 is 0 Å². The maximum absolute atomic E-state index is 12.8. The molecule has 1 saturated carbocycles. The normalized spacial score (nSPS) is 23.0. The zero-order valence-corrected chi connectivity index (χ0v) is 14.8. The highest BCUT2D eigenvalue weighted by Gasteiger charge is 2.32. The number of carbonyl (C=O) groups excluding carboxylic acids is 1. The van der Waals surface area contributed by atoms with Crippen LogP contribution in [0.4, 0.5) is 0 Å². The minimum Gasteiger partial charge on any atom is -0.294 e. The second kappa shape index (κ2) is 7.17. The molecule has 2 aromatic carbocycles. The molecular formula is C23H26O. The summed E-state index contributed by atoms with van der Waals surface area (Å²) in [5.74, 6) is 1.34. The van der Waals surface area contributed by atoms with Gasteiger partial charge in [-0.2, -0.15) is 0 Å². The molecule has 1 aliphatic rings. The zero-order chi connectivity index (χ0) is 17.1. The average Bonchev–Trinajstić information content (AvgIpc) is 2.59. The van der Waals surface area contributed by atoms with Crippen LogP contribution in [0, 0.1) is 17.8 Å². The van der Waals surface area contributed by atoms with Crippen molar-refractivity contribution in [1.82, 2.24) is 0 Å². The van der Waals surface area contributed by atoms with Crippen molar-refractivity contribution in [3.63, 3.8) is 0 Å². The number of benzene rings is 2. The topological polar surface area (TPSA) is 17.1 Å². The van der Waals surface area contributed by atoms with Crippen LogP contribution in [0.3, 0.4) is 0 Å². The van der Waals surface area contributed by atoms with Crippen molar-refractivity contribution in [1.29, 1.82) is 0 Å². The third kappa shape index (κ3) is 3.51. The first-order valence-corrected chi connectivity index (χ1v) is 8.97. The predicted molar refractivity (Wildman–Crippen MR) is 102 cm³/mol. The lowest BCUT2D eigenvalue weighted by molar-refractivity contribution is -0.122. The first-order valence-electron chi connectivity index (χ1n) is 8.97. The van der Waals surface area contributed by atoms with Crippen LogP contribution in [-0.4, -0.2) is 5.78 Å². The second-order valence-corrected chi connectivity index (χ2v) is 7.28. The summed E-state index contributed by atoms with van der Waals surface area (Å²) < 4.78 is 0. The van der Waals surface area contributed by atoms with Gasteiger partial charge in [-0.05, 0) is 53.0 Å². The van der Waals surface area contributed by atoms with Crippen molar-refractivity contribution >= 4 is 11.9 Å². The Morgan fingerprint density at radius 3 is 2.17 bits per heavy atom. The lowest BCUT2D eigenvalue weighted by Crippen LogP contribution is -2.30. The van der Waals surface area contributed by atoms with E-state index in [4.69, 9.17) is 0 Å². The van der Waals surface area contributed by atoms with E-state index in [1.807, 2.05) is 6.07 Å². The van der Waals surface area contributed by atoms with Gasteiger partial charge in [-0.15, -0.1) is 0 Å². The van der Waals surface area contributed by atoms with Crippen LogP contribution < -0.4 is 0 Å². The zero-order valence-electron chi connectivity index (χ0n) is 14.8. The minimum atomic E-state index is 0.191. The molecule has 1 nitrogen and oxygen atoms in total. The fourth-order valence-electron chi connectivity index (χ4n) is 3.60. The van der Waals surface area contributed by atoms with Crippen molar-refractivity contribution in [2.24, 2.45) is 17.8 Å². The standard InChI is InChI=1S/C23H26O/c1-16(2)21-14-9-17(3)22(23(21)24)15-18-10-12-20(13-11-18)19-7-5-4-6-8-19/h4-8,10-13,15-17,21H,9,14H2,1-3H3/b22-15+/t17-,21-/m1/s1. The van der Waals surface area contributed by atoms with Gasteiger partial charge in [0.2, 0.25) is 0 Å². The Kier molecular flexibility index (Phi) is 4.99. The number of hydrogen-bond donors (Lipinski definition) is 0. The molecule has 0 aliphatic heterocycles. The number of allylic oxidation sites excluding steroid dienone is 1. The molecule has 0 radical (unpaired) electrons. The summed E-state index contributed by atoms with van der Waals surface area (Å²) >= 11 is 0. The molecule has 24 heavy (non-hydrogen) atoms. The van der Waals surface area contributed by atoms with Crippen molar-refractivity contribution < 1.29 is 4.79 Å². The van der Waals surface area contributed by atoms with Crippen LogP contribution in [-0.2, 0) is 4.79 Å². The Hall–Kier alpha value is -2.15. The van der Waals surface area contributed by atoms with Crippen molar-refractivity contribution in [2.45, 2.75) is 33.6 Å². The van der Waals surface area contributed by atoms with E-state index in [2.05, 4.69) is 75.4 Å². The molecular weight excluding hydrogens is 292 g/mol. The molecule has 1 aliphatic carbocycles. The molecule has 0 aromatic heterocycles. The molecule has 0 spiro atoms. The molecule has 2 aromatic rings. The molecule has 1 fully saturated rings. The van der Waals surface area contributed by atoms with Gasteiger partial charge in [0.1, 0.15) is 0 Å². The van der Waals surface area contributed by atoms with Gasteiger partial charge < -0.3 is 0 Å². The number of hydrogen-bond acceptors (Lipinski definition) is 1. The van der Waals surface area contributed by atoms with E-state index in [9.17, 15) is 4.79 Å². The van der Waals surface area contributed by atoms with Gasteiger partial charge in [0.25, 0.3) is 0 Å². The molecule has 0 N–H and O–H groups in total. The number of ketones is 1. The van der Waals surface area contributed by atoms with E-state index in [1.54, 1.807) is 0 Å². The van der Waals surface area contributed by atoms with E-state index >= 15 is 0 Å². The van der Waals surface area contributed by atoms with Gasteiger partial charge in [-0.3, -0.25) is 4.79 Å². The van der Waals surface area contributed by atoms with E-state index in [0.29, 0.717) is 17.6 Å². The Morgan fingerprint density at radius 1 is 0.917 bits per heavy atom. The maximum Gasteiger partial charge on any atom is 0.162 e. The van der Waals surface area contributed by atoms with Crippen molar-refractivity contribution in [3.05, 3.63) is 65.7 Å². The minimum absolute atomic E-state index is 0.191. The summed E-state index contributed by atoms with van der Waals surface area (Å²) in [5, 5.41) is 0. The SMILES string of the molecule is CC(C)[C@H]1CC[C@@H](C)/C(=C\c2ccc(-c3ccccc3)cc2)C1=O. The van der Waals surface area contributed by atoms with Gasteiger partial charge in [-0.1, -0.05) is 75.4 Å². The van der Waals surface area contributed by atoms with Crippen LogP contribution in [0.25, 0.3) is 17.2 Å². The van der Waals surface area contributed by atoms with Crippen LogP contribution in [0.5, 0.6) is 0 Å². The van der Waals surface area contributed by atoms with Crippen molar-refractivity contribution in [3.8, 4) is 11.1 Å². The predicted octanol–water partition coefficient (Wildman–Crippen LogP) is 6.01. The average molecular weight is 318 g/mol. The summed E-state index contributed by atoms with van der Waals surface area (Å²) in [6.07, 6.45) is 4.25. The van der Waals surface area contributed by atoms with Crippen LogP contribution in [0.15, 0.2) is 60.2 Å². The molecule has 0 heterocycles. The molecule has 0 saturated heterocycles. The van der Waals surface area contributed by atoms with Gasteiger partial charge in [-0.25, -0.2) is 0 Å². The van der Waals surface area contributed by atoms with Gasteiger partial charge in [0.05, 0.1) is 0 Å². The number of rotatable bonds is 3. The lowest BCUT2D eigenvalue weighted by Gasteiger charge is -2.30. The van der Waals surface area contributed by atoms with Gasteiger partial charge in [0.15, 0.2) is 5.78 Å². The van der Waals surface area contributed by atoms with Crippen LogP contribution >= 0.6 is 0 Å². The highest BCUT2D eigenvalue weighted by molar-refractivity contribution is 6.02. The highest BCUT2D eigenvalue weighted by Crippen LogP contribution is 2.35. The summed E-state index contributed by atoms with van der Waals surface area (Å²) in [7, 11) is 0. The van der Waals surface area contributed by atoms with E-state index in [1.165, 1.54) is 11.1 Å². The van der Waals surface area contributed by atoms with Crippen molar-refractivity contribution in [2.75, 3.05) is 0 Å². The molecule has 3 rings (SSSR count). The number of carbonyl (C=O) groups is 1. The van der Waals surface area contributed by atoms with Gasteiger partial charge >= 0.3 is 0 Å². The molecule has 124 valence electrons. The monoisotopic (exact) mass is 318 g/mol. The smallest absolute Gasteiger partial charge is 0.162 e. The summed E-state index contributed by atoms with van der Waals surface area (Å²) in [5.41, 5.74) is 4.56. The number of Topliss-reactive ketones (excluding diaryl/α,β-unsaturated/α-hetero) is 1. The van der Waals surface area contributed by atoms with Gasteiger partial charge in [0, 0.05) is 5.92 Å². The highest BCUT2D eigenvalue weighted by atomic mass is 16.1. The fourth-order valence-corrected chi connectivity index (χ4v) is 3.60. The lowest BCUT2D eigenvalue weighted by atomic mass is 9.73. The quantitative estimate of drug-likeness (QED) is 0.633. The van der Waals surface area contributed by atoms with E-state index in [-0.39, 0.29) is 5.92 Å². The molecule has 1 heteroatoms. The fraction of sp³-hybridized carbons (Fsp3) is 0.348. The molecule has 2 atom stereocenters. The maximum atomic E-state index is 12.8. The molecule has 0 bridgehead atoms. The Morgan fingerprint density at radius 2 is 1.54 bits per heavy atom. The third-order valence-corrected chi connectivity index (χ3v) is 5.21. The van der Waals surface area contributed by atoms with E-state index in [0.717, 1.165) is 24.0 Å². The summed E-state index contributed by atoms with van der Waals surface area (Å²) in [4.78, 5) is 12.8. The largest absolute Gasteiger partial charge is 0.294 e. The summed E-state index contributed by atoms with van der Waals surface area (Å²) in [6, 6.07) is 18.9. The first kappa shape index (κ1) is 16.7. The Balaban J connectivity index is 1.86. The first-order chi connectivity index (χ1) is 11.6. The Bertz CT molecular complexity index is 722. The Labute approximate surface area is 145 Å². The van der Waals surface area contributed by atoms with Crippen LogP contribution in [0.2, 0.25) is 0 Å². The third-order valence-electron chi connectivity index (χ3n) is 5.21. The molecule has 0 unspecified atom stereocenters. The van der Waals surface area contributed by atoms with Crippen LogP contribution in [0.1, 0.15) is 39.2 Å². The summed E-state index contributed by atoms with van der Waals surface area (Å²) in [6.45, 7) is 6.49. The molecule has 0 amide bonds. The second-order valence-electron chi connectivity index (χ2n) is 7.28.